The molecule has 0 spiro atoms. The van der Waals surface area contributed by atoms with Gasteiger partial charge in [0.05, 0.1) is 13.5 Å². The largest absolute Gasteiger partial charge is 0.508 e. The standard InChI is InChI=1S/C20H17F3N2O4/c1-29-18(27)8-13(10-3-2-4-12(26)5-10)19-17(24-25-20(19)28)7-11-6-15(22)16(23)9-14(11)21/h2-6,9,13,26H,7-8H2,1H3,(H2,24,25,28). The number of H-pyrrole nitrogens is 2. The van der Waals surface area contributed by atoms with E-state index in [0.29, 0.717) is 17.7 Å². The van der Waals surface area contributed by atoms with Crippen LogP contribution in [0.1, 0.15) is 34.7 Å². The van der Waals surface area contributed by atoms with Crippen molar-refractivity contribution < 1.29 is 27.8 Å². The zero-order chi connectivity index (χ0) is 21.1. The van der Waals surface area contributed by atoms with Gasteiger partial charge in [0, 0.05) is 29.7 Å². The summed E-state index contributed by atoms with van der Waals surface area (Å²) in [4.78, 5) is 24.4. The number of hydrogen-bond donors (Lipinski definition) is 3. The summed E-state index contributed by atoms with van der Waals surface area (Å²) in [6.07, 6.45) is -0.484. The highest BCUT2D eigenvalue weighted by molar-refractivity contribution is 5.71. The van der Waals surface area contributed by atoms with Crippen molar-refractivity contribution in [2.45, 2.75) is 18.8 Å². The van der Waals surface area contributed by atoms with E-state index in [9.17, 15) is 27.9 Å². The van der Waals surface area contributed by atoms with E-state index in [-0.39, 0.29) is 35.4 Å². The van der Waals surface area contributed by atoms with Gasteiger partial charge in [-0.15, -0.1) is 0 Å². The number of benzene rings is 2. The fraction of sp³-hybridized carbons (Fsp3) is 0.200. The topological polar surface area (TPSA) is 95.2 Å². The monoisotopic (exact) mass is 406 g/mol. The van der Waals surface area contributed by atoms with Crippen molar-refractivity contribution in [3.8, 4) is 5.75 Å². The van der Waals surface area contributed by atoms with Crippen LogP contribution in [0, 0.1) is 17.5 Å². The first-order valence-corrected chi connectivity index (χ1v) is 8.58. The molecule has 3 N–H and O–H groups in total. The van der Waals surface area contributed by atoms with Crippen LogP contribution in [-0.4, -0.2) is 28.4 Å². The van der Waals surface area contributed by atoms with Crippen molar-refractivity contribution in [2.75, 3.05) is 7.11 Å². The lowest BCUT2D eigenvalue weighted by Crippen LogP contribution is -2.18. The van der Waals surface area contributed by atoms with Gasteiger partial charge < -0.3 is 14.9 Å². The lowest BCUT2D eigenvalue weighted by molar-refractivity contribution is -0.140. The third-order valence-electron chi connectivity index (χ3n) is 4.57. The molecule has 0 amide bonds. The molecule has 3 rings (SSSR count). The molecule has 1 heterocycles. The fourth-order valence-electron chi connectivity index (χ4n) is 3.18. The Morgan fingerprint density at radius 2 is 1.83 bits per heavy atom. The molecule has 0 fully saturated rings. The molecule has 3 aromatic rings. The molecule has 0 aliphatic rings. The number of carbonyl (C=O) groups excluding carboxylic acids is 1. The van der Waals surface area contributed by atoms with Crippen LogP contribution in [0.25, 0.3) is 0 Å². The highest BCUT2D eigenvalue weighted by atomic mass is 19.2. The van der Waals surface area contributed by atoms with E-state index in [1.54, 1.807) is 12.1 Å². The molecule has 1 atom stereocenters. The first-order valence-electron chi connectivity index (χ1n) is 8.58. The summed E-state index contributed by atoms with van der Waals surface area (Å²) in [5, 5.41) is 14.8. The van der Waals surface area contributed by atoms with E-state index < -0.39 is 34.9 Å². The van der Waals surface area contributed by atoms with Crippen LogP contribution in [0.5, 0.6) is 5.75 Å². The second-order valence-corrected chi connectivity index (χ2v) is 6.43. The average molecular weight is 406 g/mol. The Labute approximate surface area is 162 Å². The molecule has 0 aliphatic heterocycles. The number of carbonyl (C=O) groups is 1. The Morgan fingerprint density at radius 1 is 1.10 bits per heavy atom. The molecule has 1 aromatic heterocycles. The third-order valence-corrected chi connectivity index (χ3v) is 4.57. The summed E-state index contributed by atoms with van der Waals surface area (Å²) in [6.45, 7) is 0. The smallest absolute Gasteiger partial charge is 0.306 e. The zero-order valence-electron chi connectivity index (χ0n) is 15.3. The first-order chi connectivity index (χ1) is 13.8. The van der Waals surface area contributed by atoms with Gasteiger partial charge in [0.1, 0.15) is 11.6 Å². The van der Waals surface area contributed by atoms with E-state index in [1.807, 2.05) is 0 Å². The van der Waals surface area contributed by atoms with Crippen LogP contribution in [-0.2, 0) is 16.0 Å². The maximum Gasteiger partial charge on any atom is 0.306 e. The number of ether oxygens (including phenoxy) is 1. The second kappa shape index (κ2) is 8.26. The quantitative estimate of drug-likeness (QED) is 0.433. The van der Waals surface area contributed by atoms with Gasteiger partial charge in [-0.05, 0) is 29.3 Å². The summed E-state index contributed by atoms with van der Waals surface area (Å²) >= 11 is 0. The highest BCUT2D eigenvalue weighted by Gasteiger charge is 2.27. The number of phenolic OH excluding ortho intramolecular Hbond substituents is 1. The Bertz CT molecular complexity index is 1110. The number of methoxy groups -OCH3 is 1. The maximum absolute atomic E-state index is 14.1. The number of aromatic amines is 2. The number of rotatable bonds is 6. The molecule has 2 aromatic carbocycles. The lowest BCUT2D eigenvalue weighted by atomic mass is 9.87. The minimum Gasteiger partial charge on any atom is -0.508 e. The van der Waals surface area contributed by atoms with Gasteiger partial charge in [0.25, 0.3) is 5.56 Å². The maximum atomic E-state index is 14.1. The van der Waals surface area contributed by atoms with Crippen LogP contribution >= 0.6 is 0 Å². The van der Waals surface area contributed by atoms with Crippen molar-refractivity contribution in [3.63, 3.8) is 0 Å². The van der Waals surface area contributed by atoms with E-state index in [2.05, 4.69) is 10.2 Å². The minimum absolute atomic E-state index is 0.0717. The Hall–Kier alpha value is -3.49. The van der Waals surface area contributed by atoms with Crippen molar-refractivity contribution in [1.82, 2.24) is 10.2 Å². The van der Waals surface area contributed by atoms with Crippen LogP contribution in [0.2, 0.25) is 0 Å². The summed E-state index contributed by atoms with van der Waals surface area (Å²) in [5.74, 6) is -5.02. The molecular formula is C20H17F3N2O4. The minimum atomic E-state index is -1.32. The molecule has 1 unspecified atom stereocenters. The van der Waals surface area contributed by atoms with Crippen LogP contribution < -0.4 is 5.56 Å². The van der Waals surface area contributed by atoms with E-state index in [0.717, 1.165) is 0 Å². The van der Waals surface area contributed by atoms with Crippen LogP contribution in [0.4, 0.5) is 13.2 Å². The summed E-state index contributed by atoms with van der Waals surface area (Å²) in [6, 6.07) is 7.12. The first kappa shape index (κ1) is 20.2. The molecule has 29 heavy (non-hydrogen) atoms. The van der Waals surface area contributed by atoms with Crippen LogP contribution in [0.3, 0.4) is 0 Å². The summed E-state index contributed by atoms with van der Waals surface area (Å²) < 4.78 is 45.5. The predicted octanol–water partition coefficient (Wildman–Crippen LogP) is 3.11. The number of aromatic hydroxyl groups is 1. The van der Waals surface area contributed by atoms with Crippen molar-refractivity contribution in [3.05, 3.63) is 86.6 Å². The van der Waals surface area contributed by atoms with Gasteiger partial charge >= 0.3 is 5.97 Å². The van der Waals surface area contributed by atoms with Gasteiger partial charge in [0.15, 0.2) is 11.6 Å². The number of nitrogens with one attached hydrogen (secondary N) is 2. The normalized spacial score (nSPS) is 12.0. The van der Waals surface area contributed by atoms with Gasteiger partial charge in [-0.1, -0.05) is 12.1 Å². The van der Waals surface area contributed by atoms with E-state index >= 15 is 0 Å². The average Bonchev–Trinajstić information content (AvgIpc) is 3.04. The Balaban J connectivity index is 2.08. The van der Waals surface area contributed by atoms with Gasteiger partial charge in [-0.3, -0.25) is 14.7 Å². The highest BCUT2D eigenvalue weighted by Crippen LogP contribution is 2.31. The molecule has 0 bridgehead atoms. The van der Waals surface area contributed by atoms with Crippen molar-refractivity contribution >= 4 is 5.97 Å². The molecule has 0 saturated carbocycles. The number of halogens is 3. The zero-order valence-corrected chi connectivity index (χ0v) is 15.3. The summed E-state index contributed by atoms with van der Waals surface area (Å²) in [5.41, 5.74) is 0.00293. The van der Waals surface area contributed by atoms with Gasteiger partial charge in [-0.25, -0.2) is 13.2 Å². The number of phenols is 1. The predicted molar refractivity (Wildman–Crippen MR) is 97.1 cm³/mol. The fourth-order valence-corrected chi connectivity index (χ4v) is 3.18. The molecule has 6 nitrogen and oxygen atoms in total. The molecule has 0 saturated heterocycles. The number of aromatic nitrogens is 2. The molecule has 152 valence electrons. The molecular weight excluding hydrogens is 389 g/mol. The molecule has 9 heteroatoms. The van der Waals surface area contributed by atoms with E-state index in [4.69, 9.17) is 4.74 Å². The molecule has 0 radical (unpaired) electrons. The van der Waals surface area contributed by atoms with E-state index in [1.165, 1.54) is 19.2 Å². The lowest BCUT2D eigenvalue weighted by Gasteiger charge is -2.17. The Kier molecular flexibility index (Phi) is 5.76. The second-order valence-electron chi connectivity index (χ2n) is 6.43. The summed E-state index contributed by atoms with van der Waals surface area (Å²) in [7, 11) is 1.20. The van der Waals surface area contributed by atoms with Crippen LogP contribution in [0.15, 0.2) is 41.2 Å². The number of esters is 1. The Morgan fingerprint density at radius 3 is 2.52 bits per heavy atom. The van der Waals surface area contributed by atoms with Crippen molar-refractivity contribution in [1.29, 1.82) is 0 Å². The van der Waals surface area contributed by atoms with Crippen molar-refractivity contribution in [2.24, 2.45) is 0 Å². The number of hydrogen-bond acceptors (Lipinski definition) is 4. The van der Waals surface area contributed by atoms with Gasteiger partial charge in [-0.2, -0.15) is 0 Å². The SMILES string of the molecule is COC(=O)CC(c1cccc(O)c1)c1c(Cc2cc(F)c(F)cc2F)[nH][nH]c1=O. The third kappa shape index (κ3) is 4.34. The van der Waals surface area contributed by atoms with Gasteiger partial charge in [0.2, 0.25) is 0 Å². The molecule has 0 aliphatic carbocycles.